The molecule has 0 unspecified atom stereocenters. The lowest BCUT2D eigenvalue weighted by atomic mass is 10.2. The highest BCUT2D eigenvalue weighted by Gasteiger charge is 1.89. The molecule has 0 spiro atoms. The molecule has 0 amide bonds. The van der Waals surface area contributed by atoms with Gasteiger partial charge in [-0.1, -0.05) is 60.7 Å². The SMILES string of the molecule is C(=NOCc1ccccc1)=NOCc1ccccc1. The molecule has 0 bridgehead atoms. The van der Waals surface area contributed by atoms with Crippen molar-refractivity contribution in [3.8, 4) is 0 Å². The summed E-state index contributed by atoms with van der Waals surface area (Å²) in [6.45, 7) is 0.782. The zero-order chi connectivity index (χ0) is 13.2. The van der Waals surface area contributed by atoms with Crippen molar-refractivity contribution in [3.63, 3.8) is 0 Å². The normalized spacial score (nSPS) is 9.26. The molecule has 2 rings (SSSR count). The summed E-state index contributed by atoms with van der Waals surface area (Å²) in [6, 6.07) is 21.8. The summed E-state index contributed by atoms with van der Waals surface area (Å²) in [4.78, 5) is 10.0. The van der Waals surface area contributed by atoms with E-state index < -0.39 is 0 Å². The topological polar surface area (TPSA) is 43.2 Å². The van der Waals surface area contributed by atoms with Gasteiger partial charge in [-0.05, 0) is 21.4 Å². The monoisotopic (exact) mass is 254 g/mol. The van der Waals surface area contributed by atoms with Gasteiger partial charge in [-0.2, -0.15) is 0 Å². The fraction of sp³-hybridized carbons (Fsp3) is 0.133. The van der Waals surface area contributed by atoms with Crippen molar-refractivity contribution < 1.29 is 9.68 Å². The van der Waals surface area contributed by atoms with Crippen LogP contribution >= 0.6 is 0 Å². The van der Waals surface area contributed by atoms with Gasteiger partial charge in [-0.25, -0.2) is 0 Å². The first-order valence-corrected chi connectivity index (χ1v) is 5.92. The van der Waals surface area contributed by atoms with Crippen molar-refractivity contribution in [2.24, 2.45) is 10.3 Å². The van der Waals surface area contributed by atoms with Crippen molar-refractivity contribution in [1.29, 1.82) is 0 Å². The van der Waals surface area contributed by atoms with E-state index in [-0.39, 0.29) is 0 Å². The average Bonchev–Trinajstić information content (AvgIpc) is 2.48. The van der Waals surface area contributed by atoms with Gasteiger partial charge in [-0.15, -0.1) is 0 Å². The van der Waals surface area contributed by atoms with Crippen LogP contribution in [0.2, 0.25) is 0 Å². The van der Waals surface area contributed by atoms with E-state index in [9.17, 15) is 0 Å². The van der Waals surface area contributed by atoms with Gasteiger partial charge in [-0.3, -0.25) is 0 Å². The fourth-order valence-corrected chi connectivity index (χ4v) is 1.44. The zero-order valence-corrected chi connectivity index (χ0v) is 10.4. The number of hydrogen-bond acceptors (Lipinski definition) is 4. The molecule has 0 aliphatic rings. The largest absolute Gasteiger partial charge is 0.383 e. The molecular weight excluding hydrogens is 240 g/mol. The molecule has 0 aliphatic heterocycles. The number of rotatable bonds is 6. The third-order valence-corrected chi connectivity index (χ3v) is 2.36. The highest BCUT2D eigenvalue weighted by Crippen LogP contribution is 2.01. The number of nitrogens with zero attached hydrogens (tertiary/aromatic N) is 2. The van der Waals surface area contributed by atoms with Gasteiger partial charge in [0.25, 0.3) is 0 Å². The predicted octanol–water partition coefficient (Wildman–Crippen LogP) is 3.42. The summed E-state index contributed by atoms with van der Waals surface area (Å²) >= 11 is 0. The second kappa shape index (κ2) is 7.69. The van der Waals surface area contributed by atoms with E-state index in [0.717, 1.165) is 11.1 Å². The Morgan fingerprint density at radius 3 is 1.53 bits per heavy atom. The van der Waals surface area contributed by atoms with Crippen LogP contribution in [0.3, 0.4) is 0 Å². The first kappa shape index (κ1) is 12.9. The molecule has 2 aromatic rings. The fourth-order valence-electron chi connectivity index (χ4n) is 1.44. The molecule has 0 aliphatic carbocycles. The summed E-state index contributed by atoms with van der Waals surface area (Å²) in [5.41, 5.74) is 2.08. The Balaban J connectivity index is 1.67. The molecule has 2 aromatic carbocycles. The van der Waals surface area contributed by atoms with E-state index in [1.165, 1.54) is 0 Å². The van der Waals surface area contributed by atoms with Crippen LogP contribution in [0.1, 0.15) is 11.1 Å². The Kier molecular flexibility index (Phi) is 5.21. The standard InChI is InChI=1S/C15H14N2O2/c1-3-7-14(8-4-1)11-18-16-13-17-19-12-15-9-5-2-6-10-15/h1-10H,11-12H2. The van der Waals surface area contributed by atoms with Crippen LogP contribution in [0.15, 0.2) is 71.0 Å². The van der Waals surface area contributed by atoms with Crippen LogP contribution in [0, 0.1) is 0 Å². The Labute approximate surface area is 112 Å². The lowest BCUT2D eigenvalue weighted by molar-refractivity contribution is 0.118. The molecule has 4 nitrogen and oxygen atoms in total. The quantitative estimate of drug-likeness (QED) is 0.585. The summed E-state index contributed by atoms with van der Waals surface area (Å²) in [7, 11) is 0. The minimum absolute atomic E-state index is 0.391. The maximum Gasteiger partial charge on any atom is 0.180 e. The highest BCUT2D eigenvalue weighted by molar-refractivity contribution is 5.38. The van der Waals surface area contributed by atoms with Crippen LogP contribution in [0.4, 0.5) is 0 Å². The van der Waals surface area contributed by atoms with E-state index >= 15 is 0 Å². The highest BCUT2D eigenvalue weighted by atomic mass is 16.6. The van der Waals surface area contributed by atoms with Gasteiger partial charge in [0.2, 0.25) is 0 Å². The molecule has 0 saturated carbocycles. The third kappa shape index (κ3) is 5.06. The Hall–Kier alpha value is -2.58. The number of hydrogen-bond donors (Lipinski definition) is 0. The second-order valence-corrected chi connectivity index (χ2v) is 3.80. The Morgan fingerprint density at radius 2 is 1.11 bits per heavy atom. The molecule has 0 N–H and O–H groups in total. The first-order chi connectivity index (χ1) is 9.45. The molecular formula is C15H14N2O2. The van der Waals surface area contributed by atoms with Gasteiger partial charge >= 0.3 is 0 Å². The van der Waals surface area contributed by atoms with Crippen molar-refractivity contribution in [2.75, 3.05) is 0 Å². The minimum atomic E-state index is 0.391. The van der Waals surface area contributed by atoms with Crippen molar-refractivity contribution >= 4 is 6.01 Å². The van der Waals surface area contributed by atoms with Crippen LogP contribution in [-0.4, -0.2) is 6.01 Å². The van der Waals surface area contributed by atoms with E-state index in [0.29, 0.717) is 13.2 Å². The second-order valence-electron chi connectivity index (χ2n) is 3.80. The predicted molar refractivity (Wildman–Crippen MR) is 72.3 cm³/mol. The van der Waals surface area contributed by atoms with Crippen LogP contribution in [0.5, 0.6) is 0 Å². The van der Waals surface area contributed by atoms with Gasteiger partial charge in [0.05, 0.1) is 0 Å². The third-order valence-electron chi connectivity index (χ3n) is 2.36. The molecule has 4 heteroatoms. The van der Waals surface area contributed by atoms with Gasteiger partial charge in [0.1, 0.15) is 13.2 Å². The number of benzene rings is 2. The van der Waals surface area contributed by atoms with Crippen LogP contribution in [-0.2, 0) is 22.9 Å². The molecule has 0 radical (unpaired) electrons. The van der Waals surface area contributed by atoms with Crippen molar-refractivity contribution in [3.05, 3.63) is 71.8 Å². The van der Waals surface area contributed by atoms with E-state index in [4.69, 9.17) is 9.68 Å². The molecule has 96 valence electrons. The first-order valence-electron chi connectivity index (χ1n) is 5.92. The molecule has 0 aromatic heterocycles. The maximum atomic E-state index is 5.01. The van der Waals surface area contributed by atoms with E-state index in [1.54, 1.807) is 0 Å². The minimum Gasteiger partial charge on any atom is -0.383 e. The van der Waals surface area contributed by atoms with Gasteiger partial charge in [0, 0.05) is 0 Å². The van der Waals surface area contributed by atoms with Crippen molar-refractivity contribution in [2.45, 2.75) is 13.2 Å². The van der Waals surface area contributed by atoms with Crippen LogP contribution < -0.4 is 0 Å². The molecule has 0 fully saturated rings. The zero-order valence-electron chi connectivity index (χ0n) is 10.4. The lowest BCUT2D eigenvalue weighted by Crippen LogP contribution is -1.86. The molecule has 0 saturated heterocycles. The van der Waals surface area contributed by atoms with E-state index in [2.05, 4.69) is 16.3 Å². The summed E-state index contributed by atoms with van der Waals surface area (Å²) < 4.78 is 0. The Morgan fingerprint density at radius 1 is 0.684 bits per heavy atom. The lowest BCUT2D eigenvalue weighted by Gasteiger charge is -1.97. The van der Waals surface area contributed by atoms with Gasteiger partial charge in [0.15, 0.2) is 6.01 Å². The molecule has 0 heterocycles. The van der Waals surface area contributed by atoms with E-state index in [1.807, 2.05) is 60.7 Å². The van der Waals surface area contributed by atoms with Gasteiger partial charge < -0.3 is 9.68 Å². The Bertz CT molecular complexity index is 487. The van der Waals surface area contributed by atoms with Crippen LogP contribution in [0.25, 0.3) is 0 Å². The summed E-state index contributed by atoms with van der Waals surface area (Å²) in [5, 5.41) is 7.11. The summed E-state index contributed by atoms with van der Waals surface area (Å²) in [5.74, 6) is 0. The molecule has 19 heavy (non-hydrogen) atoms. The summed E-state index contributed by atoms with van der Waals surface area (Å²) in [6.07, 6.45) is 0. The average molecular weight is 254 g/mol. The smallest absolute Gasteiger partial charge is 0.180 e. The maximum absolute atomic E-state index is 5.01. The van der Waals surface area contributed by atoms with Crippen molar-refractivity contribution in [1.82, 2.24) is 0 Å². The molecule has 0 atom stereocenters.